The summed E-state index contributed by atoms with van der Waals surface area (Å²) < 4.78 is 37.0. The molecule has 7 aliphatic rings. The number of hydrogen-bond acceptors (Lipinski definition) is 14. The summed E-state index contributed by atoms with van der Waals surface area (Å²) in [6, 6.07) is 0. The van der Waals surface area contributed by atoms with Gasteiger partial charge in [-0.1, -0.05) is 34.6 Å². The summed E-state index contributed by atoms with van der Waals surface area (Å²) in [5, 5.41) is 84.9. The fourth-order valence-electron chi connectivity index (χ4n) is 13.0. The third-order valence-corrected chi connectivity index (χ3v) is 16.0. The average Bonchev–Trinajstić information content (AvgIpc) is 3.57. The smallest absolute Gasteiger partial charge is 0.187 e. The Hall–Kier alpha value is -0.560. The van der Waals surface area contributed by atoms with Crippen LogP contribution in [0.1, 0.15) is 92.4 Å². The molecule has 7 fully saturated rings. The van der Waals surface area contributed by atoms with Gasteiger partial charge in [-0.15, -0.1) is 0 Å². The number of aliphatic hydroxyl groups excluding tert-OH is 8. The molecule has 14 heteroatoms. The van der Waals surface area contributed by atoms with Crippen LogP contribution >= 0.6 is 0 Å². The molecule has 4 saturated carbocycles. The minimum atomic E-state index is -1.73. The number of hydrogen-bond donors (Lipinski definition) is 8. The molecular weight excluding hydrogens is 704 g/mol. The SMILES string of the molecule is CO[C@@]1(CCC(C)C)O[C@H]2[C@H](O)[C@H]3[C@@H]4CC[C@@H]5C[C@@H](O[C@H]6O[C@H](CO)[C@H](O)[C@H](O)[C@H]6O[C@@H]6O[C@@H](CO)[C@H](O)[C@@H](O)[C@@H]6O)CC[C@@]5(C)[C@@H]4CC[C@@]3(C)[C@H]2[C@@H]1C. The van der Waals surface area contributed by atoms with E-state index in [1.165, 1.54) is 0 Å². The van der Waals surface area contributed by atoms with E-state index in [0.717, 1.165) is 51.4 Å². The molecule has 4 aliphatic carbocycles. The first-order chi connectivity index (χ1) is 25.5. The summed E-state index contributed by atoms with van der Waals surface area (Å²) in [4.78, 5) is 0. The van der Waals surface area contributed by atoms with Crippen LogP contribution in [0.4, 0.5) is 0 Å². The zero-order valence-corrected chi connectivity index (χ0v) is 32.9. The van der Waals surface area contributed by atoms with E-state index in [-0.39, 0.29) is 40.8 Å². The second kappa shape index (κ2) is 15.6. The average molecular weight is 773 g/mol. The van der Waals surface area contributed by atoms with E-state index in [1.807, 2.05) is 0 Å². The van der Waals surface area contributed by atoms with E-state index < -0.39 is 86.5 Å². The van der Waals surface area contributed by atoms with Crippen molar-refractivity contribution in [3.05, 3.63) is 0 Å². The van der Waals surface area contributed by atoms with Gasteiger partial charge in [-0.2, -0.15) is 0 Å². The van der Waals surface area contributed by atoms with Crippen LogP contribution < -0.4 is 0 Å². The van der Waals surface area contributed by atoms with Gasteiger partial charge in [0.25, 0.3) is 0 Å². The Balaban J connectivity index is 1.04. The van der Waals surface area contributed by atoms with Crippen LogP contribution in [-0.4, -0.2) is 147 Å². The molecule has 312 valence electrons. The molecule has 0 aromatic rings. The Morgan fingerprint density at radius 2 is 1.37 bits per heavy atom. The van der Waals surface area contributed by atoms with Gasteiger partial charge < -0.3 is 69.3 Å². The monoisotopic (exact) mass is 772 g/mol. The molecule has 3 saturated heterocycles. The second-order valence-electron chi connectivity index (χ2n) is 19.0. The lowest BCUT2D eigenvalue weighted by Gasteiger charge is -2.61. The molecule has 14 nitrogen and oxygen atoms in total. The lowest BCUT2D eigenvalue weighted by Crippen LogP contribution is -2.65. The van der Waals surface area contributed by atoms with Gasteiger partial charge in [0.1, 0.15) is 48.8 Å². The van der Waals surface area contributed by atoms with Gasteiger partial charge in [0.2, 0.25) is 0 Å². The fourth-order valence-corrected chi connectivity index (χ4v) is 13.0. The maximum atomic E-state index is 12.2. The molecule has 54 heavy (non-hydrogen) atoms. The standard InChI is InChI=1S/C40H68O14/c1-18(2)9-14-40(49-6)19(3)26-34(54-40)30(45)27-22-8-7-20-15-21(10-12-38(20,4)23(22)11-13-39(26,27)5)50-37-35(32(47)29(44)25(17-42)52-37)53-36-33(48)31(46)28(43)24(16-41)51-36/h18-37,41-48H,7-17H2,1-6H3/t19-,20+,21-,22+,23+,24-,25+,26-,27+,28-,29-,30+,31+,32-,33-,34+,35+,36-,37-,38+,39-,40-/m0/s1. The van der Waals surface area contributed by atoms with E-state index >= 15 is 0 Å². The van der Waals surface area contributed by atoms with Crippen molar-refractivity contribution >= 4 is 0 Å². The van der Waals surface area contributed by atoms with Crippen molar-refractivity contribution in [2.45, 2.75) is 178 Å². The lowest BCUT2D eigenvalue weighted by atomic mass is 9.44. The van der Waals surface area contributed by atoms with Crippen LogP contribution in [0, 0.1) is 52.3 Å². The first-order valence-electron chi connectivity index (χ1n) is 20.7. The Morgan fingerprint density at radius 3 is 2.02 bits per heavy atom. The quantitative estimate of drug-likeness (QED) is 0.146. The predicted octanol–water partition coefficient (Wildman–Crippen LogP) is 1.05. The highest BCUT2D eigenvalue weighted by Crippen LogP contribution is 2.71. The zero-order chi connectivity index (χ0) is 39.1. The van der Waals surface area contributed by atoms with Crippen LogP contribution in [0.5, 0.6) is 0 Å². The molecule has 0 spiro atoms. The van der Waals surface area contributed by atoms with Crippen molar-refractivity contribution in [2.24, 2.45) is 52.3 Å². The van der Waals surface area contributed by atoms with E-state index in [0.29, 0.717) is 30.1 Å². The largest absolute Gasteiger partial charge is 0.394 e. The van der Waals surface area contributed by atoms with Gasteiger partial charge in [0.05, 0.1) is 31.5 Å². The molecular formula is C40H68O14. The van der Waals surface area contributed by atoms with Gasteiger partial charge in [0.15, 0.2) is 18.4 Å². The summed E-state index contributed by atoms with van der Waals surface area (Å²) in [6.07, 6.45) is -7.60. The predicted molar refractivity (Wildman–Crippen MR) is 191 cm³/mol. The van der Waals surface area contributed by atoms with Crippen LogP contribution in [0.3, 0.4) is 0 Å². The molecule has 3 heterocycles. The number of aliphatic hydroxyl groups is 8. The highest BCUT2D eigenvalue weighted by atomic mass is 16.8. The highest BCUT2D eigenvalue weighted by Gasteiger charge is 2.72. The molecule has 0 aromatic carbocycles. The molecule has 8 N–H and O–H groups in total. The third-order valence-electron chi connectivity index (χ3n) is 16.0. The summed E-state index contributed by atoms with van der Waals surface area (Å²) >= 11 is 0. The van der Waals surface area contributed by atoms with E-state index in [2.05, 4.69) is 34.6 Å². The molecule has 0 bridgehead atoms. The first-order valence-corrected chi connectivity index (χ1v) is 20.7. The molecule has 0 radical (unpaired) electrons. The summed E-state index contributed by atoms with van der Waals surface area (Å²) in [5.74, 6) is 1.58. The topological polar surface area (TPSA) is 217 Å². The minimum absolute atomic E-state index is 0.0323. The molecule has 0 aromatic heterocycles. The maximum Gasteiger partial charge on any atom is 0.187 e. The third kappa shape index (κ3) is 6.64. The number of ether oxygens (including phenoxy) is 6. The fraction of sp³-hybridized carbons (Fsp3) is 1.00. The van der Waals surface area contributed by atoms with Gasteiger partial charge in [-0.25, -0.2) is 0 Å². The van der Waals surface area contributed by atoms with Crippen molar-refractivity contribution < 1.29 is 69.3 Å². The van der Waals surface area contributed by atoms with Crippen molar-refractivity contribution in [1.82, 2.24) is 0 Å². The summed E-state index contributed by atoms with van der Waals surface area (Å²) in [7, 11) is 1.76. The van der Waals surface area contributed by atoms with Crippen LogP contribution in [0.15, 0.2) is 0 Å². The van der Waals surface area contributed by atoms with Gasteiger partial charge in [-0.05, 0) is 91.8 Å². The molecule has 0 unspecified atom stereocenters. The number of rotatable bonds is 10. The Kier molecular flexibility index (Phi) is 12.0. The summed E-state index contributed by atoms with van der Waals surface area (Å²) in [6.45, 7) is 10.3. The van der Waals surface area contributed by atoms with Gasteiger partial charge in [-0.3, -0.25) is 0 Å². The highest BCUT2D eigenvalue weighted by molar-refractivity contribution is 5.18. The molecule has 22 atom stereocenters. The Bertz CT molecular complexity index is 1290. The Labute approximate surface area is 319 Å². The Morgan fingerprint density at radius 1 is 0.722 bits per heavy atom. The zero-order valence-electron chi connectivity index (χ0n) is 32.9. The van der Waals surface area contributed by atoms with Gasteiger partial charge >= 0.3 is 0 Å². The van der Waals surface area contributed by atoms with Crippen LogP contribution in [0.25, 0.3) is 0 Å². The first kappa shape index (κ1) is 41.6. The van der Waals surface area contributed by atoms with Crippen molar-refractivity contribution in [3.8, 4) is 0 Å². The minimum Gasteiger partial charge on any atom is -0.394 e. The second-order valence-corrected chi connectivity index (χ2v) is 19.0. The normalized spacial score (nSPS) is 55.9. The molecule has 3 aliphatic heterocycles. The summed E-state index contributed by atoms with van der Waals surface area (Å²) in [5.41, 5.74) is -0.0141. The van der Waals surface area contributed by atoms with Crippen molar-refractivity contribution in [3.63, 3.8) is 0 Å². The van der Waals surface area contributed by atoms with Gasteiger partial charge in [0, 0.05) is 25.4 Å². The maximum absolute atomic E-state index is 12.2. The lowest BCUT2D eigenvalue weighted by molar-refractivity contribution is -0.373. The van der Waals surface area contributed by atoms with E-state index in [4.69, 9.17) is 28.4 Å². The molecule has 0 amide bonds. The van der Waals surface area contributed by atoms with Crippen LogP contribution in [0.2, 0.25) is 0 Å². The van der Waals surface area contributed by atoms with E-state index in [1.54, 1.807) is 7.11 Å². The van der Waals surface area contributed by atoms with E-state index in [9.17, 15) is 40.9 Å². The van der Waals surface area contributed by atoms with Crippen molar-refractivity contribution in [2.75, 3.05) is 20.3 Å². The van der Waals surface area contributed by atoms with Crippen LogP contribution in [-0.2, 0) is 28.4 Å². The number of fused-ring (bicyclic) bond motifs is 7. The number of methoxy groups -OCH3 is 1. The van der Waals surface area contributed by atoms with Crippen molar-refractivity contribution in [1.29, 1.82) is 0 Å². The molecule has 7 rings (SSSR count).